The summed E-state index contributed by atoms with van der Waals surface area (Å²) >= 11 is 0. The number of fused-ring (bicyclic) bond motifs is 10. The van der Waals surface area contributed by atoms with Gasteiger partial charge in [-0.25, -0.2) is 0 Å². The fourth-order valence-corrected chi connectivity index (χ4v) is 10.3. The zero-order chi connectivity index (χ0) is 40.0. The molecule has 0 saturated heterocycles. The van der Waals surface area contributed by atoms with E-state index in [1.54, 1.807) is 0 Å². The van der Waals surface area contributed by atoms with Crippen LogP contribution in [0.15, 0.2) is 212 Å². The molecular weight excluding hydrogens is 723 g/mol. The highest BCUT2D eigenvalue weighted by Crippen LogP contribution is 2.51. The van der Waals surface area contributed by atoms with E-state index in [1.807, 2.05) is 0 Å². The second-order valence-corrected chi connectivity index (χ2v) is 16.9. The Labute approximate surface area is 350 Å². The minimum Gasteiger partial charge on any atom is -0.310 e. The molecule has 11 aromatic rings. The molecule has 11 aromatic carbocycles. The summed E-state index contributed by atoms with van der Waals surface area (Å²) in [6.45, 7) is 4.70. The second kappa shape index (κ2) is 13.3. The van der Waals surface area contributed by atoms with Gasteiger partial charge in [-0.3, -0.25) is 0 Å². The van der Waals surface area contributed by atoms with Crippen LogP contribution in [-0.2, 0) is 5.41 Å². The molecule has 0 fully saturated rings. The van der Waals surface area contributed by atoms with E-state index < -0.39 is 0 Å². The first-order chi connectivity index (χ1) is 29.5. The Balaban J connectivity index is 1.04. The third-order valence-electron chi connectivity index (χ3n) is 13.2. The van der Waals surface area contributed by atoms with Crippen molar-refractivity contribution in [3.05, 3.63) is 223 Å². The van der Waals surface area contributed by atoms with Crippen molar-refractivity contribution in [1.29, 1.82) is 0 Å². The van der Waals surface area contributed by atoms with E-state index in [4.69, 9.17) is 0 Å². The van der Waals surface area contributed by atoms with Gasteiger partial charge in [0.2, 0.25) is 0 Å². The summed E-state index contributed by atoms with van der Waals surface area (Å²) in [5.41, 5.74) is 13.7. The highest BCUT2D eigenvalue weighted by Gasteiger charge is 2.35. The molecule has 1 heteroatoms. The quantitative estimate of drug-likeness (QED) is 0.158. The zero-order valence-corrected chi connectivity index (χ0v) is 33.7. The largest absolute Gasteiger partial charge is 0.310 e. The van der Waals surface area contributed by atoms with E-state index in [2.05, 4.69) is 231 Å². The fraction of sp³-hybridized carbons (Fsp3) is 0.0508. The van der Waals surface area contributed by atoms with E-state index in [9.17, 15) is 0 Å². The van der Waals surface area contributed by atoms with Crippen LogP contribution in [0.3, 0.4) is 0 Å². The summed E-state index contributed by atoms with van der Waals surface area (Å²) < 4.78 is 0. The lowest BCUT2D eigenvalue weighted by Gasteiger charge is -2.28. The van der Waals surface area contributed by atoms with Gasteiger partial charge in [-0.05, 0) is 142 Å². The van der Waals surface area contributed by atoms with E-state index in [0.717, 1.165) is 17.1 Å². The molecule has 0 heterocycles. The van der Waals surface area contributed by atoms with E-state index in [-0.39, 0.29) is 5.41 Å². The highest BCUT2D eigenvalue weighted by atomic mass is 15.1. The van der Waals surface area contributed by atoms with Crippen molar-refractivity contribution in [3.8, 4) is 33.4 Å². The molecule has 0 amide bonds. The van der Waals surface area contributed by atoms with Crippen LogP contribution in [0, 0.1) is 0 Å². The van der Waals surface area contributed by atoms with Gasteiger partial charge in [0.05, 0.1) is 5.69 Å². The van der Waals surface area contributed by atoms with Crippen LogP contribution in [0.25, 0.3) is 87.2 Å². The summed E-state index contributed by atoms with van der Waals surface area (Å²) in [7, 11) is 0. The van der Waals surface area contributed by atoms with Crippen LogP contribution in [0.2, 0.25) is 0 Å². The molecule has 1 aliphatic carbocycles. The van der Waals surface area contributed by atoms with E-state index in [1.165, 1.54) is 98.4 Å². The number of hydrogen-bond donors (Lipinski definition) is 0. The van der Waals surface area contributed by atoms with Crippen molar-refractivity contribution in [2.75, 3.05) is 4.90 Å². The number of nitrogens with zero attached hydrogens (tertiary/aromatic N) is 1. The van der Waals surface area contributed by atoms with Crippen molar-refractivity contribution in [3.63, 3.8) is 0 Å². The molecule has 1 nitrogen and oxygen atoms in total. The van der Waals surface area contributed by atoms with Gasteiger partial charge in [-0.2, -0.15) is 0 Å². The average Bonchev–Trinajstić information content (AvgIpc) is 3.53. The predicted molar refractivity (Wildman–Crippen MR) is 257 cm³/mol. The number of hydrogen-bond acceptors (Lipinski definition) is 1. The highest BCUT2D eigenvalue weighted by molar-refractivity contribution is 6.26. The zero-order valence-electron chi connectivity index (χ0n) is 33.7. The molecule has 0 unspecified atom stereocenters. The van der Waals surface area contributed by atoms with Gasteiger partial charge < -0.3 is 4.90 Å². The molecular formula is C59H41N. The van der Waals surface area contributed by atoms with Crippen molar-refractivity contribution in [2.24, 2.45) is 0 Å². The van der Waals surface area contributed by atoms with Gasteiger partial charge in [0.1, 0.15) is 0 Å². The van der Waals surface area contributed by atoms with E-state index >= 15 is 0 Å². The van der Waals surface area contributed by atoms with Gasteiger partial charge in [0.25, 0.3) is 0 Å². The van der Waals surface area contributed by atoms with Crippen molar-refractivity contribution in [2.45, 2.75) is 19.3 Å². The molecule has 0 saturated carbocycles. The minimum atomic E-state index is -0.0540. The van der Waals surface area contributed by atoms with Crippen molar-refractivity contribution >= 4 is 70.9 Å². The number of benzene rings is 11. The van der Waals surface area contributed by atoms with Gasteiger partial charge in [0.15, 0.2) is 0 Å². The Bertz CT molecular complexity index is 3510. The third-order valence-corrected chi connectivity index (χ3v) is 13.2. The van der Waals surface area contributed by atoms with Crippen LogP contribution >= 0.6 is 0 Å². The molecule has 282 valence electrons. The lowest BCUT2D eigenvalue weighted by molar-refractivity contribution is 0.660. The van der Waals surface area contributed by atoms with Gasteiger partial charge in [0, 0.05) is 22.2 Å². The SMILES string of the molecule is CC1(C)c2ccccc2-c2cc(N(c3ccc(-c4cc5cc(-c6ccc7ccccc7c6)c6ccccc6c5c5ccccc45)cc3)c3cccc4ccccc34)ccc21. The Morgan fingerprint density at radius 3 is 1.62 bits per heavy atom. The Hall–Kier alpha value is -7.48. The first-order valence-electron chi connectivity index (χ1n) is 21.0. The Kier molecular flexibility index (Phi) is 7.65. The maximum atomic E-state index is 2.45. The number of anilines is 3. The Morgan fingerprint density at radius 1 is 0.317 bits per heavy atom. The van der Waals surface area contributed by atoms with Crippen LogP contribution in [0.4, 0.5) is 17.1 Å². The first kappa shape index (κ1) is 34.6. The third kappa shape index (κ3) is 5.26. The summed E-state index contributed by atoms with van der Waals surface area (Å²) in [5.74, 6) is 0. The molecule has 0 N–H and O–H groups in total. The molecule has 1 aliphatic rings. The second-order valence-electron chi connectivity index (χ2n) is 16.9. The lowest BCUT2D eigenvalue weighted by Crippen LogP contribution is -2.15. The first-order valence-corrected chi connectivity index (χ1v) is 21.0. The maximum absolute atomic E-state index is 2.45. The molecule has 60 heavy (non-hydrogen) atoms. The van der Waals surface area contributed by atoms with Crippen LogP contribution in [0.5, 0.6) is 0 Å². The van der Waals surface area contributed by atoms with E-state index in [0.29, 0.717) is 0 Å². The summed E-state index contributed by atoms with van der Waals surface area (Å²) in [6, 6.07) is 78.8. The summed E-state index contributed by atoms with van der Waals surface area (Å²) in [5, 5.41) is 12.6. The van der Waals surface area contributed by atoms with Crippen molar-refractivity contribution in [1.82, 2.24) is 0 Å². The predicted octanol–water partition coefficient (Wildman–Crippen LogP) is 16.6. The smallest absolute Gasteiger partial charge is 0.0540 e. The summed E-state index contributed by atoms with van der Waals surface area (Å²) in [4.78, 5) is 2.45. The Morgan fingerprint density at radius 2 is 0.867 bits per heavy atom. The van der Waals surface area contributed by atoms with Crippen molar-refractivity contribution < 1.29 is 0 Å². The molecule has 0 spiro atoms. The number of rotatable bonds is 5. The van der Waals surface area contributed by atoms with Gasteiger partial charge in [-0.1, -0.05) is 178 Å². The maximum Gasteiger partial charge on any atom is 0.0540 e. The fourth-order valence-electron chi connectivity index (χ4n) is 10.3. The van der Waals surface area contributed by atoms with Crippen LogP contribution in [0.1, 0.15) is 25.0 Å². The average molecular weight is 764 g/mol. The lowest BCUT2D eigenvalue weighted by atomic mass is 9.82. The minimum absolute atomic E-state index is 0.0540. The van der Waals surface area contributed by atoms with Gasteiger partial charge in [-0.15, -0.1) is 0 Å². The standard InChI is InChI=1S/C59H41N/c1-59(2)55-24-12-11-21-49(55)54-37-45(32-33-56(54)59)60(57-25-13-17-39-15-5-6-18-46(39)57)44-30-28-40(29-31-44)52-35-43-36-53(42-27-26-38-14-3-4-16-41(38)34-42)48-20-8-10-23-51(48)58(43)50-22-9-7-19-47(50)52/h3-37H,1-2H3. The molecule has 0 atom stereocenters. The molecule has 0 aliphatic heterocycles. The molecule has 12 rings (SSSR count). The molecule has 0 radical (unpaired) electrons. The normalized spacial score (nSPS) is 13.0. The molecule has 0 aromatic heterocycles. The summed E-state index contributed by atoms with van der Waals surface area (Å²) in [6.07, 6.45) is 0. The van der Waals surface area contributed by atoms with Crippen LogP contribution in [-0.4, -0.2) is 0 Å². The monoisotopic (exact) mass is 763 g/mol. The van der Waals surface area contributed by atoms with Crippen LogP contribution < -0.4 is 4.90 Å². The topological polar surface area (TPSA) is 3.24 Å². The van der Waals surface area contributed by atoms with Gasteiger partial charge >= 0.3 is 0 Å². The molecule has 0 bridgehead atoms.